The molecular formula is C68H64O3P2Si. The molecule has 74 heavy (non-hydrogen) atoms. The van der Waals surface area contributed by atoms with E-state index in [0.29, 0.717) is 6.61 Å². The largest absolute Gasteiger partial charge is 0.412 e. The number of allylic oxidation sites excluding steroid dienone is 2. The average molecular weight is 1020 g/mol. The Balaban J connectivity index is 0.000000216. The molecule has 0 spiro atoms. The normalized spacial score (nSPS) is 11.6. The van der Waals surface area contributed by atoms with Crippen LogP contribution in [0.5, 0.6) is 0 Å². The molecule has 6 heteroatoms. The van der Waals surface area contributed by atoms with Crippen molar-refractivity contribution in [3.63, 3.8) is 0 Å². The first-order valence-corrected chi connectivity index (χ1v) is 31.2. The van der Waals surface area contributed by atoms with Gasteiger partial charge in [0.05, 0.1) is 0 Å². The van der Waals surface area contributed by atoms with Crippen molar-refractivity contribution in [2.45, 2.75) is 58.5 Å². The van der Waals surface area contributed by atoms with Gasteiger partial charge in [-0.2, -0.15) is 0 Å². The summed E-state index contributed by atoms with van der Waals surface area (Å²) in [5.41, 5.74) is 4.99. The minimum atomic E-state index is -3.14. The zero-order chi connectivity index (χ0) is 52.3. The molecule has 0 heterocycles. The van der Waals surface area contributed by atoms with Crippen molar-refractivity contribution in [1.82, 2.24) is 0 Å². The number of rotatable bonds is 15. The molecule has 368 valence electrons. The second-order valence-electron chi connectivity index (χ2n) is 19.1. The molecule has 3 nitrogen and oxygen atoms in total. The highest BCUT2D eigenvalue weighted by atomic mass is 31.2. The van der Waals surface area contributed by atoms with Gasteiger partial charge < -0.3 is 13.6 Å². The van der Waals surface area contributed by atoms with Gasteiger partial charge in [0.2, 0.25) is 8.32 Å². The van der Waals surface area contributed by atoms with Crippen LogP contribution < -0.4 is 37.0 Å². The lowest BCUT2D eigenvalue weighted by Gasteiger charge is -2.29. The van der Waals surface area contributed by atoms with Crippen LogP contribution in [0.3, 0.4) is 0 Å². The van der Waals surface area contributed by atoms with E-state index in [2.05, 4.69) is 119 Å². The lowest BCUT2D eigenvalue weighted by atomic mass is 9.93. The number of hydrogen-bond donors (Lipinski definition) is 0. The predicted octanol–water partition coefficient (Wildman–Crippen LogP) is 14.1. The molecule has 0 aliphatic carbocycles. The van der Waals surface area contributed by atoms with Gasteiger partial charge in [-0.25, -0.2) is 0 Å². The van der Waals surface area contributed by atoms with Gasteiger partial charge in [0.25, 0.3) is 0 Å². The van der Waals surface area contributed by atoms with Crippen LogP contribution in [-0.2, 0) is 13.6 Å². The summed E-state index contributed by atoms with van der Waals surface area (Å²) in [5.74, 6) is 10.00. The summed E-state index contributed by atoms with van der Waals surface area (Å²) in [7, 11) is -8.40. The van der Waals surface area contributed by atoms with Crippen molar-refractivity contribution in [3.05, 3.63) is 259 Å². The van der Waals surface area contributed by atoms with Crippen molar-refractivity contribution < 1.29 is 13.6 Å². The zero-order valence-corrected chi connectivity index (χ0v) is 46.0. The molecule has 0 amide bonds. The van der Waals surface area contributed by atoms with Gasteiger partial charge in [0.1, 0.15) is 0 Å². The summed E-state index contributed by atoms with van der Waals surface area (Å²) in [4.78, 5) is 0. The fraction of sp³-hybridized carbons (Fsp3) is 0.147. The molecule has 0 aliphatic rings. The van der Waals surface area contributed by atoms with Crippen molar-refractivity contribution in [2.24, 2.45) is 0 Å². The molecule has 0 saturated heterocycles. The fourth-order valence-electron chi connectivity index (χ4n) is 10.4. The number of fused-ring (bicyclic) bond motifs is 2. The second-order valence-corrected chi connectivity index (χ2v) is 28.2. The Morgan fingerprint density at radius 1 is 0.486 bits per heavy atom. The van der Waals surface area contributed by atoms with Crippen LogP contribution in [0.25, 0.3) is 21.5 Å². The Bertz CT molecular complexity index is 3530. The summed E-state index contributed by atoms with van der Waals surface area (Å²) in [5, 5.41) is 10.7. The molecular weight excluding hydrogens is 955 g/mol. The number of hydrogen-bond acceptors (Lipinski definition) is 3. The molecule has 0 fully saturated rings. The standard InChI is InChI=1S/C41H41O2PSi.C27H23OP/c1-6-30-45(31-7-2,43-8-3)37-26-23-33(24-27-37)22-25-34-16-15-21-39-38(34)28-29-40(41(39)32(4)5)44(42,35-17-11-9-12-18-35)36-19-13-10-14-20-36;1-4-21-12-11-17-25-24(21)18-19-26(27(25)20(2)3)29(28,22-13-7-5-8-14-22)23-15-9-6-10-16-23/h6-7,9-21,23-24,26-29,32H,1-2,8,30-31H2,3-5H3;1,5-20H,2-3H3. The van der Waals surface area contributed by atoms with Gasteiger partial charge in [-0.15, -0.1) is 19.6 Å². The molecule has 0 unspecified atom stereocenters. The maximum Gasteiger partial charge on any atom is 0.231 e. The minimum absolute atomic E-state index is 0.154. The van der Waals surface area contributed by atoms with E-state index in [9.17, 15) is 4.57 Å². The average Bonchev–Trinajstić information content (AvgIpc) is 3.45. The van der Waals surface area contributed by atoms with Crippen LogP contribution in [0.4, 0.5) is 0 Å². The lowest BCUT2D eigenvalue weighted by Crippen LogP contribution is -2.50. The molecule has 0 N–H and O–H groups in total. The molecule has 9 aromatic rings. The molecule has 0 bridgehead atoms. The molecule has 9 rings (SSSR count). The van der Waals surface area contributed by atoms with Crippen LogP contribution in [0.2, 0.25) is 12.1 Å². The Morgan fingerprint density at radius 3 is 1.24 bits per heavy atom. The summed E-state index contributed by atoms with van der Waals surface area (Å²) < 4.78 is 36.6. The first-order valence-electron chi connectivity index (χ1n) is 25.4. The van der Waals surface area contributed by atoms with Crippen LogP contribution >= 0.6 is 14.3 Å². The highest BCUT2D eigenvalue weighted by molar-refractivity contribution is 7.85. The first-order chi connectivity index (χ1) is 35.9. The molecule has 0 saturated carbocycles. The van der Waals surface area contributed by atoms with E-state index in [1.165, 1.54) is 5.19 Å². The number of benzene rings is 9. The molecule has 0 atom stereocenters. The van der Waals surface area contributed by atoms with E-state index in [4.69, 9.17) is 10.8 Å². The van der Waals surface area contributed by atoms with Crippen LogP contribution in [0.1, 0.15) is 74.3 Å². The van der Waals surface area contributed by atoms with Crippen molar-refractivity contribution in [2.75, 3.05) is 6.61 Å². The Morgan fingerprint density at radius 2 is 0.878 bits per heavy atom. The summed E-state index contributed by atoms with van der Waals surface area (Å²) in [6.07, 6.45) is 9.68. The second kappa shape index (κ2) is 23.7. The maximum atomic E-state index is 15.4. The topological polar surface area (TPSA) is 43.4 Å². The summed E-state index contributed by atoms with van der Waals surface area (Å²) >= 11 is 0. The van der Waals surface area contributed by atoms with Gasteiger partial charge >= 0.3 is 0 Å². The minimum Gasteiger partial charge on any atom is -0.412 e. The van der Waals surface area contributed by atoms with Gasteiger partial charge in [0.15, 0.2) is 14.3 Å². The fourth-order valence-corrected chi connectivity index (χ4v) is 19.8. The van der Waals surface area contributed by atoms with E-state index in [0.717, 1.165) is 93.3 Å². The highest BCUT2D eigenvalue weighted by Gasteiger charge is 2.36. The van der Waals surface area contributed by atoms with Gasteiger partial charge in [-0.05, 0) is 105 Å². The third kappa shape index (κ3) is 10.6. The Kier molecular flexibility index (Phi) is 17.0. The van der Waals surface area contributed by atoms with Crippen molar-refractivity contribution in [1.29, 1.82) is 0 Å². The Labute approximate surface area is 441 Å². The van der Waals surface area contributed by atoms with Crippen molar-refractivity contribution >= 4 is 81.2 Å². The van der Waals surface area contributed by atoms with Gasteiger partial charge in [0, 0.05) is 55.1 Å². The van der Waals surface area contributed by atoms with E-state index in [1.807, 2.05) is 165 Å². The van der Waals surface area contributed by atoms with Crippen molar-refractivity contribution in [3.8, 4) is 24.2 Å². The zero-order valence-electron chi connectivity index (χ0n) is 43.2. The molecule has 0 aromatic heterocycles. The van der Waals surface area contributed by atoms with E-state index in [-0.39, 0.29) is 11.8 Å². The number of terminal acetylenes is 1. The molecule has 0 aliphatic heterocycles. The quantitative estimate of drug-likeness (QED) is 0.0445. The van der Waals surface area contributed by atoms with Crippen LogP contribution in [-0.4, -0.2) is 14.9 Å². The third-order valence-corrected chi connectivity index (χ3v) is 24.1. The van der Waals surface area contributed by atoms with Gasteiger partial charge in [-0.1, -0.05) is 227 Å². The highest BCUT2D eigenvalue weighted by Crippen LogP contribution is 2.47. The molecule has 0 radical (unpaired) electrons. The van der Waals surface area contributed by atoms with Crippen LogP contribution in [0.15, 0.2) is 232 Å². The summed E-state index contributed by atoms with van der Waals surface area (Å²) in [6, 6.07) is 70.2. The van der Waals surface area contributed by atoms with Gasteiger partial charge in [-0.3, -0.25) is 0 Å². The lowest BCUT2D eigenvalue weighted by molar-refractivity contribution is 0.333. The van der Waals surface area contributed by atoms with E-state index in [1.54, 1.807) is 0 Å². The Hall–Kier alpha value is -7.26. The van der Waals surface area contributed by atoms with Crippen LogP contribution in [0, 0.1) is 24.2 Å². The maximum absolute atomic E-state index is 15.4. The monoisotopic (exact) mass is 1020 g/mol. The SMILES string of the molecule is C#Cc1cccc2c(C(C)C)c(P(=O)(c3ccccc3)c3ccccc3)ccc12.C=CC[Si](CC=C)(OCC)c1ccc(C#Cc2cccc3c(C(C)C)c(P(=O)(c4ccccc4)c4ccccc4)ccc23)cc1. The first kappa shape index (κ1) is 53.0. The summed E-state index contributed by atoms with van der Waals surface area (Å²) in [6.45, 7) is 19.4. The molecule has 9 aromatic carbocycles. The predicted molar refractivity (Wildman–Crippen MR) is 322 cm³/mol. The van der Waals surface area contributed by atoms with E-state index < -0.39 is 22.6 Å². The van der Waals surface area contributed by atoms with E-state index >= 15 is 4.57 Å². The smallest absolute Gasteiger partial charge is 0.231 e. The third-order valence-electron chi connectivity index (χ3n) is 13.7.